The van der Waals surface area contributed by atoms with Gasteiger partial charge in [-0.05, 0) is 20.8 Å². The first-order valence-electron chi connectivity index (χ1n) is 5.27. The molecule has 0 aromatic carbocycles. The van der Waals surface area contributed by atoms with Crippen molar-refractivity contribution in [2.75, 3.05) is 0 Å². The molecule has 2 rings (SSSR count). The van der Waals surface area contributed by atoms with Gasteiger partial charge < -0.3 is 10.1 Å². The topological polar surface area (TPSA) is 88.0 Å². The quantitative estimate of drug-likeness (QED) is 0.821. The molecule has 2 N–H and O–H groups in total. The number of carboxylic acid groups (broad SMARTS) is 1. The summed E-state index contributed by atoms with van der Waals surface area (Å²) < 4.78 is 1.68. The Kier molecular flexibility index (Phi) is 2.49. The number of hydrogen-bond acceptors (Lipinski definition) is 3. The molecule has 0 bridgehead atoms. The van der Waals surface area contributed by atoms with Gasteiger partial charge in [0.05, 0.1) is 11.1 Å². The number of rotatable bonds is 2. The maximum atomic E-state index is 12.0. The summed E-state index contributed by atoms with van der Waals surface area (Å²) in [4.78, 5) is 25.7. The Morgan fingerprint density at radius 2 is 2.18 bits per heavy atom. The van der Waals surface area contributed by atoms with E-state index in [2.05, 4.69) is 10.1 Å². The van der Waals surface area contributed by atoms with E-state index in [1.54, 1.807) is 11.6 Å². The van der Waals surface area contributed by atoms with Crippen LogP contribution in [-0.2, 0) is 0 Å². The van der Waals surface area contributed by atoms with Gasteiger partial charge in [-0.25, -0.2) is 9.48 Å². The zero-order valence-corrected chi connectivity index (χ0v) is 9.81. The second kappa shape index (κ2) is 3.73. The van der Waals surface area contributed by atoms with Gasteiger partial charge >= 0.3 is 5.97 Å². The Morgan fingerprint density at radius 1 is 1.53 bits per heavy atom. The maximum Gasteiger partial charge on any atom is 0.341 e. The lowest BCUT2D eigenvalue weighted by Crippen LogP contribution is -2.16. The van der Waals surface area contributed by atoms with Crippen molar-refractivity contribution in [3.05, 3.63) is 27.7 Å². The van der Waals surface area contributed by atoms with Crippen molar-refractivity contribution in [2.45, 2.75) is 26.8 Å². The number of carbonyl (C=O) groups is 1. The summed E-state index contributed by atoms with van der Waals surface area (Å²) in [7, 11) is 0. The molecule has 2 aromatic heterocycles. The zero-order chi connectivity index (χ0) is 12.7. The number of aromatic amines is 1. The maximum absolute atomic E-state index is 12.0. The van der Waals surface area contributed by atoms with E-state index < -0.39 is 11.4 Å². The smallest absolute Gasteiger partial charge is 0.341 e. The largest absolute Gasteiger partial charge is 0.477 e. The van der Waals surface area contributed by atoms with Crippen LogP contribution in [0.3, 0.4) is 0 Å². The van der Waals surface area contributed by atoms with Crippen LogP contribution < -0.4 is 5.43 Å². The van der Waals surface area contributed by atoms with Crippen LogP contribution in [0.15, 0.2) is 11.0 Å². The molecule has 0 atom stereocenters. The van der Waals surface area contributed by atoms with Gasteiger partial charge in [-0.15, -0.1) is 0 Å². The predicted octanol–water partition coefficient (Wildman–Crippen LogP) is 1.31. The zero-order valence-electron chi connectivity index (χ0n) is 9.81. The van der Waals surface area contributed by atoms with Crippen molar-refractivity contribution < 1.29 is 9.90 Å². The second-order valence-corrected chi connectivity index (χ2v) is 4.18. The fourth-order valence-corrected chi connectivity index (χ4v) is 1.83. The number of aryl methyl sites for hydroxylation is 1. The first kappa shape index (κ1) is 11.4. The molecular weight excluding hydrogens is 222 g/mol. The summed E-state index contributed by atoms with van der Waals surface area (Å²) in [6.07, 6.45) is 1.22. The van der Waals surface area contributed by atoms with Crippen molar-refractivity contribution in [1.82, 2.24) is 14.8 Å². The van der Waals surface area contributed by atoms with E-state index in [4.69, 9.17) is 5.11 Å². The van der Waals surface area contributed by atoms with Crippen LogP contribution in [0.25, 0.3) is 11.0 Å². The van der Waals surface area contributed by atoms with E-state index in [0.29, 0.717) is 16.7 Å². The number of nitrogens with zero attached hydrogens (tertiary/aromatic N) is 2. The van der Waals surface area contributed by atoms with Crippen molar-refractivity contribution in [2.24, 2.45) is 0 Å². The minimum Gasteiger partial charge on any atom is -0.477 e. The molecule has 0 saturated heterocycles. The highest BCUT2D eigenvalue weighted by molar-refractivity contribution is 5.92. The molecule has 0 aliphatic heterocycles. The molecule has 0 aliphatic rings. The van der Waals surface area contributed by atoms with Crippen molar-refractivity contribution in [3.63, 3.8) is 0 Å². The molecule has 17 heavy (non-hydrogen) atoms. The fourth-order valence-electron chi connectivity index (χ4n) is 1.83. The lowest BCUT2D eigenvalue weighted by molar-refractivity contribution is 0.0695. The molecule has 0 amide bonds. The molecule has 6 nitrogen and oxygen atoms in total. The molecule has 2 heterocycles. The minimum atomic E-state index is -1.23. The Labute approximate surface area is 96.9 Å². The number of carboxylic acids is 1. The summed E-state index contributed by atoms with van der Waals surface area (Å²) in [5.41, 5.74) is 0.352. The van der Waals surface area contributed by atoms with E-state index in [9.17, 15) is 9.59 Å². The van der Waals surface area contributed by atoms with Crippen LogP contribution in [0, 0.1) is 6.92 Å². The molecule has 0 saturated carbocycles. The SMILES string of the molecule is Cc1nn(C(C)C)c2[nH]cc(C(=O)O)c(=O)c12. The molecule has 90 valence electrons. The molecule has 0 unspecified atom stereocenters. The molecule has 0 spiro atoms. The lowest BCUT2D eigenvalue weighted by atomic mass is 10.2. The van der Waals surface area contributed by atoms with Crippen LogP contribution in [0.2, 0.25) is 0 Å². The van der Waals surface area contributed by atoms with Crippen molar-refractivity contribution in [3.8, 4) is 0 Å². The van der Waals surface area contributed by atoms with Crippen LogP contribution in [0.4, 0.5) is 0 Å². The average Bonchev–Trinajstić information content (AvgIpc) is 2.56. The highest BCUT2D eigenvalue weighted by Crippen LogP contribution is 2.16. The third kappa shape index (κ3) is 1.61. The molecular formula is C11H13N3O3. The Balaban J connectivity index is 2.89. The van der Waals surface area contributed by atoms with Gasteiger partial charge in [0, 0.05) is 12.2 Å². The first-order chi connectivity index (χ1) is 7.93. The van der Waals surface area contributed by atoms with Crippen molar-refractivity contribution >= 4 is 17.0 Å². The summed E-state index contributed by atoms with van der Waals surface area (Å²) in [5, 5.41) is 13.5. The number of pyridine rings is 1. The number of nitrogens with one attached hydrogen (secondary N) is 1. The van der Waals surface area contributed by atoms with Crippen molar-refractivity contribution in [1.29, 1.82) is 0 Å². The van der Waals surface area contributed by atoms with Gasteiger partial charge in [-0.1, -0.05) is 0 Å². The Bertz CT molecular complexity index is 652. The number of aromatic nitrogens is 3. The van der Waals surface area contributed by atoms with Gasteiger partial charge in [0.1, 0.15) is 11.2 Å². The number of aromatic carboxylic acids is 1. The first-order valence-corrected chi connectivity index (χ1v) is 5.27. The van der Waals surface area contributed by atoms with E-state index >= 15 is 0 Å². The molecule has 0 aliphatic carbocycles. The molecule has 0 fully saturated rings. The van der Waals surface area contributed by atoms with Gasteiger partial charge in [0.25, 0.3) is 0 Å². The summed E-state index contributed by atoms with van der Waals surface area (Å²) in [6, 6.07) is 0.0949. The minimum absolute atomic E-state index is 0.0949. The van der Waals surface area contributed by atoms with Gasteiger partial charge in [0.15, 0.2) is 0 Å². The average molecular weight is 235 g/mol. The van der Waals surface area contributed by atoms with E-state index in [-0.39, 0.29) is 11.6 Å². The number of fused-ring (bicyclic) bond motifs is 1. The van der Waals surface area contributed by atoms with Gasteiger partial charge in [-0.2, -0.15) is 5.10 Å². The normalized spacial score (nSPS) is 11.3. The predicted molar refractivity (Wildman–Crippen MR) is 62.4 cm³/mol. The fraction of sp³-hybridized carbons (Fsp3) is 0.364. The van der Waals surface area contributed by atoms with Crippen LogP contribution >= 0.6 is 0 Å². The van der Waals surface area contributed by atoms with Gasteiger partial charge in [0.2, 0.25) is 5.43 Å². The van der Waals surface area contributed by atoms with E-state index in [0.717, 1.165) is 0 Å². The van der Waals surface area contributed by atoms with Crippen LogP contribution in [0.5, 0.6) is 0 Å². The second-order valence-electron chi connectivity index (χ2n) is 4.18. The third-order valence-corrected chi connectivity index (χ3v) is 2.63. The lowest BCUT2D eigenvalue weighted by Gasteiger charge is -2.06. The molecule has 6 heteroatoms. The highest BCUT2D eigenvalue weighted by atomic mass is 16.4. The van der Waals surface area contributed by atoms with Crippen LogP contribution in [0.1, 0.15) is 35.9 Å². The number of H-pyrrole nitrogens is 1. The molecule has 0 radical (unpaired) electrons. The van der Waals surface area contributed by atoms with E-state index in [1.165, 1.54) is 6.20 Å². The summed E-state index contributed by atoms with van der Waals surface area (Å²) in [6.45, 7) is 5.58. The highest BCUT2D eigenvalue weighted by Gasteiger charge is 2.18. The third-order valence-electron chi connectivity index (χ3n) is 2.63. The summed E-state index contributed by atoms with van der Waals surface area (Å²) >= 11 is 0. The monoisotopic (exact) mass is 235 g/mol. The summed E-state index contributed by atoms with van der Waals surface area (Å²) in [5.74, 6) is -1.23. The Morgan fingerprint density at radius 3 is 2.71 bits per heavy atom. The standard InChI is InChI=1S/C11H13N3O3/c1-5(2)14-10-8(6(3)13-14)9(15)7(4-12-10)11(16)17/h4-5H,1-3H3,(H,12,15)(H,16,17). The molecule has 2 aromatic rings. The van der Waals surface area contributed by atoms with E-state index in [1.807, 2.05) is 13.8 Å². The van der Waals surface area contributed by atoms with Crippen LogP contribution in [-0.4, -0.2) is 25.8 Å². The van der Waals surface area contributed by atoms with Gasteiger partial charge in [-0.3, -0.25) is 4.79 Å². The number of hydrogen-bond donors (Lipinski definition) is 2. The Hall–Kier alpha value is -2.11.